The quantitative estimate of drug-likeness (QED) is 0.733. The summed E-state index contributed by atoms with van der Waals surface area (Å²) in [6.45, 7) is 0. The predicted molar refractivity (Wildman–Crippen MR) is 77.7 cm³/mol. The first-order chi connectivity index (χ1) is 8.88. The minimum Gasteiger partial charge on any atom is -0.302 e. The van der Waals surface area contributed by atoms with Crippen LogP contribution in [0, 0.1) is 0 Å². The molecule has 0 radical (unpaired) electrons. The van der Waals surface area contributed by atoms with Crippen molar-refractivity contribution in [3.63, 3.8) is 0 Å². The van der Waals surface area contributed by atoms with E-state index in [1.54, 1.807) is 11.8 Å². The van der Waals surface area contributed by atoms with Crippen molar-refractivity contribution < 1.29 is 4.79 Å². The highest BCUT2D eigenvalue weighted by Gasteiger charge is 2.08. The molecule has 0 heterocycles. The Morgan fingerprint density at radius 2 is 1.44 bits per heavy atom. The molecule has 0 aliphatic heterocycles. The molecule has 18 heavy (non-hydrogen) atoms. The SMILES string of the molecule is O=C[C@H](Cc1ccccc1)SCc1ccccc1. The molecule has 0 unspecified atom stereocenters. The van der Waals surface area contributed by atoms with Gasteiger partial charge in [-0.25, -0.2) is 0 Å². The Morgan fingerprint density at radius 1 is 0.889 bits per heavy atom. The number of aldehydes is 1. The summed E-state index contributed by atoms with van der Waals surface area (Å²) in [5, 5.41) is 0.0348. The van der Waals surface area contributed by atoms with Crippen molar-refractivity contribution in [3.05, 3.63) is 71.8 Å². The molecular formula is C16H16OS. The lowest BCUT2D eigenvalue weighted by Gasteiger charge is -2.10. The van der Waals surface area contributed by atoms with Gasteiger partial charge in [-0.05, 0) is 17.5 Å². The predicted octanol–water partition coefficient (Wildman–Crippen LogP) is 3.73. The van der Waals surface area contributed by atoms with E-state index in [0.717, 1.165) is 18.5 Å². The van der Waals surface area contributed by atoms with E-state index < -0.39 is 0 Å². The summed E-state index contributed by atoms with van der Waals surface area (Å²) in [6, 6.07) is 20.4. The lowest BCUT2D eigenvalue weighted by Crippen LogP contribution is -2.08. The summed E-state index contributed by atoms with van der Waals surface area (Å²) in [7, 11) is 0. The Balaban J connectivity index is 1.88. The zero-order valence-corrected chi connectivity index (χ0v) is 11.0. The van der Waals surface area contributed by atoms with Gasteiger partial charge in [-0.1, -0.05) is 60.7 Å². The molecule has 2 heteroatoms. The lowest BCUT2D eigenvalue weighted by molar-refractivity contribution is -0.107. The van der Waals surface area contributed by atoms with Gasteiger partial charge >= 0.3 is 0 Å². The smallest absolute Gasteiger partial charge is 0.133 e. The van der Waals surface area contributed by atoms with E-state index in [1.165, 1.54) is 11.1 Å². The van der Waals surface area contributed by atoms with Gasteiger partial charge in [0, 0.05) is 5.75 Å². The van der Waals surface area contributed by atoms with Crippen molar-refractivity contribution in [3.8, 4) is 0 Å². The molecule has 92 valence electrons. The molecule has 0 saturated heterocycles. The van der Waals surface area contributed by atoms with Crippen molar-refractivity contribution in [2.45, 2.75) is 17.4 Å². The van der Waals surface area contributed by atoms with Crippen LogP contribution in [0.2, 0.25) is 0 Å². The summed E-state index contributed by atoms with van der Waals surface area (Å²) < 4.78 is 0. The molecule has 0 fully saturated rings. The summed E-state index contributed by atoms with van der Waals surface area (Å²) in [5.74, 6) is 0.886. The monoisotopic (exact) mass is 256 g/mol. The van der Waals surface area contributed by atoms with E-state index in [0.29, 0.717) is 0 Å². The molecule has 0 aliphatic rings. The van der Waals surface area contributed by atoms with Crippen molar-refractivity contribution in [2.75, 3.05) is 0 Å². The summed E-state index contributed by atoms with van der Waals surface area (Å²) in [4.78, 5) is 11.1. The third-order valence-electron chi connectivity index (χ3n) is 2.74. The van der Waals surface area contributed by atoms with Gasteiger partial charge < -0.3 is 4.79 Å². The average molecular weight is 256 g/mol. The van der Waals surface area contributed by atoms with E-state index in [4.69, 9.17) is 0 Å². The number of carbonyl (C=O) groups excluding carboxylic acids is 1. The Kier molecular flexibility index (Phi) is 5.03. The fraction of sp³-hybridized carbons (Fsp3) is 0.188. The summed E-state index contributed by atoms with van der Waals surface area (Å²) >= 11 is 1.70. The highest BCUT2D eigenvalue weighted by molar-refractivity contribution is 7.99. The highest BCUT2D eigenvalue weighted by atomic mass is 32.2. The van der Waals surface area contributed by atoms with E-state index in [1.807, 2.05) is 36.4 Å². The molecule has 2 aromatic carbocycles. The standard InChI is InChI=1S/C16H16OS/c17-12-16(11-14-7-3-1-4-8-14)18-13-15-9-5-2-6-10-15/h1-10,12,16H,11,13H2/t16-/m0/s1. The van der Waals surface area contributed by atoms with Crippen molar-refractivity contribution in [1.82, 2.24) is 0 Å². The van der Waals surface area contributed by atoms with Crippen LogP contribution in [0.1, 0.15) is 11.1 Å². The molecule has 2 rings (SSSR count). The van der Waals surface area contributed by atoms with Crippen LogP contribution in [0.5, 0.6) is 0 Å². The fourth-order valence-corrected chi connectivity index (χ4v) is 2.76. The molecule has 1 atom stereocenters. The third kappa shape index (κ3) is 4.04. The minimum atomic E-state index is 0.0348. The number of thioether (sulfide) groups is 1. The average Bonchev–Trinajstić information content (AvgIpc) is 2.45. The van der Waals surface area contributed by atoms with Crippen LogP contribution in [0.15, 0.2) is 60.7 Å². The topological polar surface area (TPSA) is 17.1 Å². The molecular weight excluding hydrogens is 240 g/mol. The molecule has 0 bridgehead atoms. The van der Waals surface area contributed by atoms with Crippen LogP contribution in [-0.4, -0.2) is 11.5 Å². The van der Waals surface area contributed by atoms with Gasteiger partial charge in [-0.3, -0.25) is 0 Å². The van der Waals surface area contributed by atoms with Gasteiger partial charge in [0.25, 0.3) is 0 Å². The Labute approximate surface area is 112 Å². The van der Waals surface area contributed by atoms with Crippen LogP contribution in [0.25, 0.3) is 0 Å². The second-order valence-electron chi connectivity index (χ2n) is 4.16. The first kappa shape index (κ1) is 12.9. The normalized spacial score (nSPS) is 12.0. The van der Waals surface area contributed by atoms with Gasteiger partial charge in [0.15, 0.2) is 0 Å². The van der Waals surface area contributed by atoms with Crippen LogP contribution in [0.4, 0.5) is 0 Å². The molecule has 0 aromatic heterocycles. The largest absolute Gasteiger partial charge is 0.302 e. The van der Waals surface area contributed by atoms with Gasteiger partial charge in [-0.2, -0.15) is 0 Å². The molecule has 2 aromatic rings. The van der Waals surface area contributed by atoms with E-state index in [2.05, 4.69) is 24.3 Å². The first-order valence-corrected chi connectivity index (χ1v) is 7.08. The Morgan fingerprint density at radius 3 is 2.00 bits per heavy atom. The lowest BCUT2D eigenvalue weighted by atomic mass is 10.1. The maximum Gasteiger partial charge on any atom is 0.133 e. The first-order valence-electron chi connectivity index (χ1n) is 6.03. The number of hydrogen-bond donors (Lipinski definition) is 0. The van der Waals surface area contributed by atoms with Crippen LogP contribution < -0.4 is 0 Å². The third-order valence-corrected chi connectivity index (χ3v) is 3.94. The van der Waals surface area contributed by atoms with E-state index >= 15 is 0 Å². The van der Waals surface area contributed by atoms with Crippen molar-refractivity contribution in [1.29, 1.82) is 0 Å². The maximum atomic E-state index is 11.1. The van der Waals surface area contributed by atoms with Crippen LogP contribution in [-0.2, 0) is 17.0 Å². The fourth-order valence-electron chi connectivity index (χ4n) is 1.77. The van der Waals surface area contributed by atoms with E-state index in [-0.39, 0.29) is 5.25 Å². The molecule has 0 saturated carbocycles. The number of carbonyl (C=O) groups is 1. The Hall–Kier alpha value is -1.54. The molecule has 0 aliphatic carbocycles. The zero-order valence-electron chi connectivity index (χ0n) is 10.2. The van der Waals surface area contributed by atoms with Gasteiger partial charge in [0.05, 0.1) is 5.25 Å². The Bertz CT molecular complexity index is 467. The summed E-state index contributed by atoms with van der Waals surface area (Å²) in [5.41, 5.74) is 2.48. The van der Waals surface area contributed by atoms with Gasteiger partial charge in [0.1, 0.15) is 6.29 Å². The second kappa shape index (κ2) is 7.02. The molecule has 0 spiro atoms. The van der Waals surface area contributed by atoms with Gasteiger partial charge in [0.2, 0.25) is 0 Å². The molecule has 0 amide bonds. The van der Waals surface area contributed by atoms with Crippen LogP contribution >= 0.6 is 11.8 Å². The highest BCUT2D eigenvalue weighted by Crippen LogP contribution is 2.19. The molecule has 0 N–H and O–H groups in total. The number of benzene rings is 2. The molecule has 1 nitrogen and oxygen atoms in total. The second-order valence-corrected chi connectivity index (χ2v) is 5.39. The van der Waals surface area contributed by atoms with E-state index in [9.17, 15) is 4.79 Å². The number of hydrogen-bond acceptors (Lipinski definition) is 2. The van der Waals surface area contributed by atoms with Crippen LogP contribution in [0.3, 0.4) is 0 Å². The zero-order chi connectivity index (χ0) is 12.6. The van der Waals surface area contributed by atoms with Crippen molar-refractivity contribution >= 4 is 18.0 Å². The minimum absolute atomic E-state index is 0.0348. The summed E-state index contributed by atoms with van der Waals surface area (Å²) in [6.07, 6.45) is 1.86. The van der Waals surface area contributed by atoms with Gasteiger partial charge in [-0.15, -0.1) is 11.8 Å². The maximum absolute atomic E-state index is 11.1. The number of rotatable bonds is 6. The van der Waals surface area contributed by atoms with Crippen molar-refractivity contribution in [2.24, 2.45) is 0 Å².